The van der Waals surface area contributed by atoms with E-state index in [1.165, 1.54) is 0 Å². The van der Waals surface area contributed by atoms with Gasteiger partial charge in [0.15, 0.2) is 0 Å². The number of rotatable bonds is 6. The maximum Gasteiger partial charge on any atom is 0.265 e. The predicted octanol–water partition coefficient (Wildman–Crippen LogP) is 4.86. The smallest absolute Gasteiger partial charge is 0.265 e. The maximum absolute atomic E-state index is 13.7. The molecule has 0 aliphatic rings. The van der Waals surface area contributed by atoms with Gasteiger partial charge in [0, 0.05) is 23.6 Å². The summed E-state index contributed by atoms with van der Waals surface area (Å²) in [6, 6.07) is 20.5. The molecule has 0 spiro atoms. The third-order valence-corrected chi connectivity index (χ3v) is 6.74. The molecule has 1 N–H and O–H groups in total. The number of aromatic amines is 1. The van der Waals surface area contributed by atoms with E-state index in [1.54, 1.807) is 33.5 Å². The van der Waals surface area contributed by atoms with Crippen LogP contribution in [0.5, 0.6) is 0 Å². The number of unbranched alkanes of at least 4 members (excludes halogenated alkanes) is 1. The van der Waals surface area contributed by atoms with Crippen LogP contribution in [0.25, 0.3) is 38.9 Å². The molecule has 38 heavy (non-hydrogen) atoms. The van der Waals surface area contributed by atoms with Crippen molar-refractivity contribution in [1.29, 1.82) is 0 Å². The van der Waals surface area contributed by atoms with Crippen LogP contribution in [0.1, 0.15) is 41.5 Å². The predicted molar refractivity (Wildman–Crippen MR) is 146 cm³/mol. The largest absolute Gasteiger partial charge is 0.283 e. The van der Waals surface area contributed by atoms with Crippen molar-refractivity contribution in [2.75, 3.05) is 0 Å². The second-order valence-electron chi connectivity index (χ2n) is 9.31. The molecule has 9 heteroatoms. The molecule has 0 unspecified atom stereocenters. The van der Waals surface area contributed by atoms with Gasteiger partial charge in [-0.15, -0.1) is 10.2 Å². The average Bonchev–Trinajstić information content (AvgIpc) is 3.62. The lowest BCUT2D eigenvalue weighted by atomic mass is 10.1. The zero-order valence-electron chi connectivity index (χ0n) is 21.0. The third kappa shape index (κ3) is 3.98. The normalized spacial score (nSPS) is 11.4. The number of carbonyl (C=O) groups excluding carboxylic acids is 1. The molecule has 3 aromatic carbocycles. The van der Waals surface area contributed by atoms with Crippen LogP contribution in [-0.4, -0.2) is 40.6 Å². The molecule has 3 aromatic heterocycles. The summed E-state index contributed by atoms with van der Waals surface area (Å²) in [5.74, 6) is 0.875. The fraction of sp³-hybridized carbons (Fsp3) is 0.172. The number of fused-ring (bicyclic) bond motifs is 2. The van der Waals surface area contributed by atoms with Gasteiger partial charge in [-0.25, -0.2) is 4.98 Å². The van der Waals surface area contributed by atoms with Crippen molar-refractivity contribution in [3.05, 3.63) is 100 Å². The van der Waals surface area contributed by atoms with Gasteiger partial charge in [0.25, 0.3) is 11.5 Å². The Morgan fingerprint density at radius 2 is 1.89 bits per heavy atom. The zero-order valence-corrected chi connectivity index (χ0v) is 21.0. The van der Waals surface area contributed by atoms with Gasteiger partial charge in [0.05, 0.1) is 27.7 Å². The first-order chi connectivity index (χ1) is 18.5. The maximum atomic E-state index is 13.7. The molecular weight excluding hydrogens is 478 g/mol. The van der Waals surface area contributed by atoms with E-state index in [2.05, 4.69) is 27.5 Å². The van der Waals surface area contributed by atoms with Crippen LogP contribution in [0.4, 0.5) is 0 Å². The van der Waals surface area contributed by atoms with Gasteiger partial charge in [-0.2, -0.15) is 5.21 Å². The standard InChI is InChI=1S/C29H25N7O2/c1-3-4-9-26-30-24-12-10-18(2)16-23(24)29(38)36(26)20-11-13-25-19(17-20)14-15-35(25)28(37)22-8-6-5-7-21(22)27-31-33-34-32-27/h5-8,10-17H,3-4,9H2,1-2H3,(H,31,32,33,34). The van der Waals surface area contributed by atoms with E-state index in [0.717, 1.165) is 40.8 Å². The number of aryl methyl sites for hydroxylation is 2. The first-order valence-electron chi connectivity index (χ1n) is 12.6. The molecule has 0 fully saturated rings. The Morgan fingerprint density at radius 3 is 2.71 bits per heavy atom. The molecule has 0 bridgehead atoms. The summed E-state index contributed by atoms with van der Waals surface area (Å²) in [7, 11) is 0. The molecule has 0 radical (unpaired) electrons. The molecule has 0 aliphatic heterocycles. The highest BCUT2D eigenvalue weighted by molar-refractivity contribution is 6.06. The fourth-order valence-electron chi connectivity index (χ4n) is 4.83. The second-order valence-corrected chi connectivity index (χ2v) is 9.31. The van der Waals surface area contributed by atoms with Gasteiger partial charge < -0.3 is 0 Å². The van der Waals surface area contributed by atoms with E-state index in [0.29, 0.717) is 34.3 Å². The van der Waals surface area contributed by atoms with Crippen molar-refractivity contribution in [2.45, 2.75) is 33.1 Å². The number of hydrogen-bond donors (Lipinski definition) is 1. The Morgan fingerprint density at radius 1 is 1.03 bits per heavy atom. The van der Waals surface area contributed by atoms with Gasteiger partial charge >= 0.3 is 0 Å². The van der Waals surface area contributed by atoms with Crippen molar-refractivity contribution in [3.8, 4) is 17.1 Å². The first kappa shape index (κ1) is 23.5. The Bertz CT molecular complexity index is 1870. The highest BCUT2D eigenvalue weighted by Crippen LogP contribution is 2.25. The first-order valence-corrected chi connectivity index (χ1v) is 12.6. The summed E-state index contributed by atoms with van der Waals surface area (Å²) < 4.78 is 3.31. The SMILES string of the molecule is CCCCc1nc2ccc(C)cc2c(=O)n1-c1ccc2c(ccn2C(=O)c2ccccc2-c2nn[nH]n2)c1. The third-order valence-electron chi connectivity index (χ3n) is 6.74. The highest BCUT2D eigenvalue weighted by Gasteiger charge is 2.19. The number of nitrogens with zero attached hydrogens (tertiary/aromatic N) is 6. The van der Waals surface area contributed by atoms with Gasteiger partial charge in [-0.1, -0.05) is 43.2 Å². The molecule has 6 rings (SSSR count). The van der Waals surface area contributed by atoms with Crippen molar-refractivity contribution in [1.82, 2.24) is 34.7 Å². The zero-order chi connectivity index (χ0) is 26.2. The number of hydrogen-bond acceptors (Lipinski definition) is 6. The van der Waals surface area contributed by atoms with Crippen LogP contribution in [0.2, 0.25) is 0 Å². The van der Waals surface area contributed by atoms with Gasteiger partial charge in [-0.05, 0) is 61.0 Å². The number of benzene rings is 3. The summed E-state index contributed by atoms with van der Waals surface area (Å²) in [5, 5.41) is 15.6. The van der Waals surface area contributed by atoms with Gasteiger partial charge in [0.2, 0.25) is 5.82 Å². The number of H-pyrrole nitrogens is 1. The van der Waals surface area contributed by atoms with Gasteiger partial charge in [-0.3, -0.25) is 18.7 Å². The Kier molecular flexibility index (Phi) is 5.88. The lowest BCUT2D eigenvalue weighted by molar-refractivity contribution is 0.0965. The van der Waals surface area contributed by atoms with Crippen LogP contribution in [0, 0.1) is 6.92 Å². The van der Waals surface area contributed by atoms with E-state index in [-0.39, 0.29) is 11.5 Å². The Balaban J connectivity index is 1.46. The van der Waals surface area contributed by atoms with Crippen molar-refractivity contribution >= 4 is 27.7 Å². The van der Waals surface area contributed by atoms with Crippen molar-refractivity contribution in [2.24, 2.45) is 0 Å². The molecule has 6 aromatic rings. The molecule has 9 nitrogen and oxygen atoms in total. The summed E-state index contributed by atoms with van der Waals surface area (Å²) in [4.78, 5) is 32.2. The topological polar surface area (TPSA) is 111 Å². The minimum Gasteiger partial charge on any atom is -0.283 e. The summed E-state index contributed by atoms with van der Waals surface area (Å²) in [6.07, 6.45) is 4.36. The Hall–Kier alpha value is -4.92. The van der Waals surface area contributed by atoms with Crippen LogP contribution < -0.4 is 5.56 Å². The number of nitrogens with one attached hydrogen (secondary N) is 1. The second kappa shape index (κ2) is 9.51. The molecule has 0 saturated heterocycles. The average molecular weight is 504 g/mol. The van der Waals surface area contributed by atoms with E-state index in [1.807, 2.05) is 55.5 Å². The minimum atomic E-state index is -0.211. The summed E-state index contributed by atoms with van der Waals surface area (Å²) in [6.45, 7) is 4.09. The van der Waals surface area contributed by atoms with E-state index < -0.39 is 0 Å². The van der Waals surface area contributed by atoms with E-state index in [4.69, 9.17) is 4.98 Å². The lowest BCUT2D eigenvalue weighted by Crippen LogP contribution is -2.24. The number of aromatic nitrogens is 7. The van der Waals surface area contributed by atoms with Crippen LogP contribution in [0.3, 0.4) is 0 Å². The monoisotopic (exact) mass is 503 g/mol. The molecule has 0 atom stereocenters. The van der Waals surface area contributed by atoms with Crippen LogP contribution >= 0.6 is 0 Å². The molecular formula is C29H25N7O2. The minimum absolute atomic E-state index is 0.0892. The van der Waals surface area contributed by atoms with Crippen LogP contribution in [-0.2, 0) is 6.42 Å². The Labute approximate surface area is 217 Å². The lowest BCUT2D eigenvalue weighted by Gasteiger charge is -2.14. The highest BCUT2D eigenvalue weighted by atomic mass is 16.2. The molecule has 0 amide bonds. The van der Waals surface area contributed by atoms with E-state index in [9.17, 15) is 9.59 Å². The van der Waals surface area contributed by atoms with Crippen molar-refractivity contribution < 1.29 is 4.79 Å². The van der Waals surface area contributed by atoms with Crippen molar-refractivity contribution in [3.63, 3.8) is 0 Å². The molecule has 3 heterocycles. The molecule has 0 saturated carbocycles. The van der Waals surface area contributed by atoms with Crippen LogP contribution in [0.15, 0.2) is 77.7 Å². The fourth-order valence-corrected chi connectivity index (χ4v) is 4.83. The summed E-state index contributed by atoms with van der Waals surface area (Å²) in [5.41, 5.74) is 4.14. The van der Waals surface area contributed by atoms with E-state index >= 15 is 0 Å². The number of tetrazole rings is 1. The quantitative estimate of drug-likeness (QED) is 0.347. The van der Waals surface area contributed by atoms with Gasteiger partial charge in [0.1, 0.15) is 5.82 Å². The summed E-state index contributed by atoms with van der Waals surface area (Å²) >= 11 is 0. The molecule has 0 aliphatic carbocycles. The number of carbonyl (C=O) groups is 1. The molecule has 188 valence electrons.